The summed E-state index contributed by atoms with van der Waals surface area (Å²) in [4.78, 5) is 5.00. The standard InChI is InChI=1S/C74H67N5O/c1-48(72(2,3)4)50-38-39-75-70(42-50)79-66-37-34-55(78-64-30-16-14-26-60(64)61-27-15-17-31-65(61)78)45-63(66)62-36-35-57(46-69(62)79)80-56-25-20-24-54(44-56)76-47-77(68-33-19-18-32-67(68)76)71-58(49-22-12-11-13-23-49)28-21-29-59(71)51-40-52(73(5,6)7)43-53(41-51)74(8,9)10/h11-46,48H,1-10H3/i14D,15D,16D,17D,26D,27D,30D,31D. The van der Waals surface area contributed by atoms with Gasteiger partial charge in [0.15, 0.2) is 0 Å². The second-order valence-electron chi connectivity index (χ2n) is 24.3. The highest BCUT2D eigenvalue weighted by molar-refractivity contribution is 6.12. The number of para-hydroxylation sites is 5. The van der Waals surface area contributed by atoms with Crippen LogP contribution >= 0.6 is 0 Å². The molecule has 0 bridgehead atoms. The molecule has 0 aliphatic rings. The smallest absolute Gasteiger partial charge is 0.269 e. The lowest BCUT2D eigenvalue weighted by Gasteiger charge is -2.27. The van der Waals surface area contributed by atoms with Gasteiger partial charge in [-0.1, -0.05) is 203 Å². The molecule has 6 nitrogen and oxygen atoms in total. The fraction of sp³-hybridized carbons (Fsp3) is 0.189. The first kappa shape index (κ1) is 42.0. The average molecular weight is 1050 g/mol. The maximum atomic E-state index is 9.22. The minimum atomic E-state index is -0.491. The summed E-state index contributed by atoms with van der Waals surface area (Å²) in [6.07, 6.45) is 5.69. The summed E-state index contributed by atoms with van der Waals surface area (Å²) in [5, 5.41) is 1.64. The van der Waals surface area contributed by atoms with E-state index in [0.717, 1.165) is 72.0 Å². The molecule has 13 aromatic rings. The van der Waals surface area contributed by atoms with E-state index in [9.17, 15) is 2.74 Å². The lowest BCUT2D eigenvalue weighted by molar-refractivity contribution is -0.571. The van der Waals surface area contributed by atoms with E-state index in [1.807, 2.05) is 60.8 Å². The second kappa shape index (κ2) is 19.1. The molecule has 1 unspecified atom stereocenters. The summed E-state index contributed by atoms with van der Waals surface area (Å²) >= 11 is 0. The molecule has 394 valence electrons. The van der Waals surface area contributed by atoms with Gasteiger partial charge in [0.2, 0.25) is 0 Å². The van der Waals surface area contributed by atoms with Crippen molar-refractivity contribution < 1.29 is 20.3 Å². The number of rotatable bonds is 9. The van der Waals surface area contributed by atoms with Crippen LogP contribution in [0.1, 0.15) is 103 Å². The molecule has 1 atom stereocenters. The molecule has 0 aliphatic carbocycles. The largest absolute Gasteiger partial charge is 0.458 e. The molecule has 9 aromatic carbocycles. The van der Waals surface area contributed by atoms with Crippen LogP contribution in [0.2, 0.25) is 0 Å². The van der Waals surface area contributed by atoms with Crippen molar-refractivity contribution in [1.29, 1.82) is 0 Å². The minimum Gasteiger partial charge on any atom is -0.458 e. The number of benzene rings is 9. The zero-order valence-corrected chi connectivity index (χ0v) is 46.9. The van der Waals surface area contributed by atoms with Crippen molar-refractivity contribution in [2.75, 3.05) is 0 Å². The van der Waals surface area contributed by atoms with Crippen LogP contribution in [-0.4, -0.2) is 18.7 Å². The van der Waals surface area contributed by atoms with Gasteiger partial charge in [-0.25, -0.2) is 4.98 Å². The molecule has 13 rings (SSSR count). The van der Waals surface area contributed by atoms with E-state index < -0.39 is 24.2 Å². The number of aromatic nitrogens is 5. The van der Waals surface area contributed by atoms with Crippen LogP contribution in [0.25, 0.3) is 99.8 Å². The predicted molar refractivity (Wildman–Crippen MR) is 333 cm³/mol. The zero-order valence-electron chi connectivity index (χ0n) is 54.9. The Hall–Kier alpha value is -9.00. The first-order chi connectivity index (χ1) is 41.8. The van der Waals surface area contributed by atoms with Crippen LogP contribution in [0.3, 0.4) is 0 Å². The van der Waals surface area contributed by atoms with E-state index in [-0.39, 0.29) is 68.1 Å². The fourth-order valence-corrected chi connectivity index (χ4v) is 11.2. The van der Waals surface area contributed by atoms with Crippen molar-refractivity contribution in [3.63, 3.8) is 0 Å². The van der Waals surface area contributed by atoms with E-state index in [1.165, 1.54) is 11.1 Å². The molecule has 0 radical (unpaired) electrons. The Morgan fingerprint density at radius 3 is 1.85 bits per heavy atom. The highest BCUT2D eigenvalue weighted by Crippen LogP contribution is 2.42. The molecule has 80 heavy (non-hydrogen) atoms. The summed E-state index contributed by atoms with van der Waals surface area (Å²) in [5.74, 6) is 2.01. The quantitative estimate of drug-likeness (QED) is 0.107. The first-order valence-electron chi connectivity index (χ1n) is 31.4. The Kier molecular flexibility index (Phi) is 10.0. The van der Waals surface area contributed by atoms with E-state index >= 15 is 0 Å². The van der Waals surface area contributed by atoms with Crippen molar-refractivity contribution in [1.82, 2.24) is 18.7 Å². The Labute approximate surface area is 481 Å². The molecule has 0 saturated heterocycles. The van der Waals surface area contributed by atoms with E-state index in [2.05, 4.69) is 198 Å². The van der Waals surface area contributed by atoms with Crippen molar-refractivity contribution in [3.8, 4) is 56.6 Å². The second-order valence-corrected chi connectivity index (χ2v) is 24.3. The Bertz CT molecular complexity index is 4910. The molecule has 4 heterocycles. The number of hydrogen-bond acceptors (Lipinski definition) is 2. The van der Waals surface area contributed by atoms with E-state index in [1.54, 1.807) is 4.57 Å². The molecule has 0 fully saturated rings. The van der Waals surface area contributed by atoms with Crippen molar-refractivity contribution in [2.24, 2.45) is 5.41 Å². The Morgan fingerprint density at radius 1 is 0.500 bits per heavy atom. The van der Waals surface area contributed by atoms with Gasteiger partial charge in [0.1, 0.15) is 17.3 Å². The number of nitrogens with zero attached hydrogens (tertiary/aromatic N) is 5. The van der Waals surface area contributed by atoms with Gasteiger partial charge < -0.3 is 9.30 Å². The number of fused-ring (bicyclic) bond motifs is 7. The monoisotopic (exact) mass is 1050 g/mol. The van der Waals surface area contributed by atoms with Gasteiger partial charge >= 0.3 is 0 Å². The highest BCUT2D eigenvalue weighted by atomic mass is 16.5. The molecule has 4 aromatic heterocycles. The third-order valence-corrected chi connectivity index (χ3v) is 16.0. The molecule has 0 spiro atoms. The van der Waals surface area contributed by atoms with Gasteiger partial charge in [-0.05, 0) is 134 Å². The number of pyridine rings is 1. The lowest BCUT2D eigenvalue weighted by Crippen LogP contribution is -2.31. The first-order valence-corrected chi connectivity index (χ1v) is 27.4. The maximum absolute atomic E-state index is 9.22. The minimum absolute atomic E-state index is 0.0208. The summed E-state index contributed by atoms with van der Waals surface area (Å²) in [5.41, 5.74) is 13.7. The van der Waals surface area contributed by atoms with Crippen LogP contribution in [0.5, 0.6) is 11.5 Å². The number of ether oxygens (including phenoxy) is 1. The lowest BCUT2D eigenvalue weighted by atomic mass is 9.78. The zero-order chi connectivity index (χ0) is 62.2. The SMILES string of the molecule is [2H]c1c([2H])c([2H])c2c(c1[2H])c1c([2H])c([2H])c([2H])c([2H])c1n2-c1ccc2c(c1)c1ccc(Oc3cccc(-n4[c-][n+](-c5c(-c6ccccc6)cccc5-c5cc(C(C)(C)C)cc(C(C)(C)C)c5)c5ccccc54)c3)cc1n2-c1cc(C(C)C(C)(C)C)ccn1. The van der Waals surface area contributed by atoms with Crippen LogP contribution in [-0.2, 0) is 10.8 Å². The molecular weight excluding hydrogens is 975 g/mol. The van der Waals surface area contributed by atoms with Gasteiger partial charge in [-0.15, -0.1) is 0 Å². The van der Waals surface area contributed by atoms with Gasteiger partial charge in [0.05, 0.1) is 55.4 Å². The predicted octanol–water partition coefficient (Wildman–Crippen LogP) is 19.2. The number of imidazole rings is 1. The molecule has 6 heteroatoms. The van der Waals surface area contributed by atoms with Gasteiger partial charge in [0.25, 0.3) is 6.33 Å². The summed E-state index contributed by atoms with van der Waals surface area (Å²) in [6, 6.07) is 53.0. The summed E-state index contributed by atoms with van der Waals surface area (Å²) in [7, 11) is 0. The maximum Gasteiger partial charge on any atom is 0.269 e. The molecule has 0 N–H and O–H groups in total. The molecule has 0 amide bonds. The number of hydrogen-bond donors (Lipinski definition) is 0. The van der Waals surface area contributed by atoms with E-state index in [4.69, 9.17) is 17.9 Å². The summed E-state index contributed by atoms with van der Waals surface area (Å²) in [6.45, 7) is 22.5. The normalized spacial score (nSPS) is 14.2. The van der Waals surface area contributed by atoms with Crippen molar-refractivity contribution in [3.05, 3.63) is 241 Å². The van der Waals surface area contributed by atoms with Gasteiger partial charge in [-0.2, -0.15) is 0 Å². The third kappa shape index (κ3) is 8.84. The Morgan fingerprint density at radius 2 is 1.15 bits per heavy atom. The summed E-state index contributed by atoms with van der Waals surface area (Å²) < 4.78 is 86.1. The van der Waals surface area contributed by atoms with Crippen LogP contribution in [0.4, 0.5) is 0 Å². The van der Waals surface area contributed by atoms with Crippen LogP contribution in [0, 0.1) is 11.7 Å². The van der Waals surface area contributed by atoms with Gasteiger partial charge in [0, 0.05) is 39.5 Å². The van der Waals surface area contributed by atoms with Gasteiger partial charge in [-0.3, -0.25) is 13.7 Å². The van der Waals surface area contributed by atoms with E-state index in [0.29, 0.717) is 23.0 Å². The Balaban J connectivity index is 0.972. The third-order valence-electron chi connectivity index (χ3n) is 16.0. The molecule has 0 saturated carbocycles. The average Bonchev–Trinajstić information content (AvgIpc) is 1.60. The molecular formula is C74H67N5O. The van der Waals surface area contributed by atoms with Crippen molar-refractivity contribution >= 4 is 54.6 Å². The topological polar surface area (TPSA) is 40.8 Å². The highest BCUT2D eigenvalue weighted by Gasteiger charge is 2.27. The fourth-order valence-electron chi connectivity index (χ4n) is 11.2. The molecule has 0 aliphatic heterocycles. The van der Waals surface area contributed by atoms with Crippen molar-refractivity contribution in [2.45, 2.75) is 86.0 Å². The van der Waals surface area contributed by atoms with Crippen LogP contribution in [0.15, 0.2) is 218 Å². The van der Waals surface area contributed by atoms with Crippen LogP contribution < -0.4 is 9.30 Å².